The number of hydrogen-bond donors (Lipinski definition) is 3. The molecular formula is C8H12N2S. The number of thiol groups is 1. The van der Waals surface area contributed by atoms with Crippen molar-refractivity contribution in [3.8, 4) is 0 Å². The molecule has 0 saturated heterocycles. The van der Waals surface area contributed by atoms with Crippen molar-refractivity contribution < 1.29 is 0 Å². The Morgan fingerprint density at radius 3 is 2.45 bits per heavy atom. The van der Waals surface area contributed by atoms with Crippen molar-refractivity contribution in [1.82, 2.24) is 0 Å². The molecule has 0 unspecified atom stereocenters. The van der Waals surface area contributed by atoms with Crippen molar-refractivity contribution in [2.45, 2.75) is 0 Å². The third kappa shape index (κ3) is 2.72. The lowest BCUT2D eigenvalue weighted by molar-refractivity contribution is 1.23. The Balaban J connectivity index is 2.52. The Labute approximate surface area is 72.2 Å². The second kappa shape index (κ2) is 4.13. The molecule has 0 aliphatic rings. The highest BCUT2D eigenvalue weighted by molar-refractivity contribution is 7.80. The van der Waals surface area contributed by atoms with Crippen LogP contribution in [-0.4, -0.2) is 12.3 Å². The minimum atomic E-state index is 0.793. The van der Waals surface area contributed by atoms with Crippen molar-refractivity contribution in [3.63, 3.8) is 0 Å². The van der Waals surface area contributed by atoms with E-state index in [1.165, 1.54) is 0 Å². The first-order chi connectivity index (χ1) is 5.33. The van der Waals surface area contributed by atoms with Crippen LogP contribution in [0.2, 0.25) is 0 Å². The maximum absolute atomic E-state index is 5.51. The first-order valence-electron chi connectivity index (χ1n) is 3.53. The summed E-state index contributed by atoms with van der Waals surface area (Å²) in [6, 6.07) is 7.67. The van der Waals surface area contributed by atoms with Gasteiger partial charge in [-0.05, 0) is 24.3 Å². The normalized spacial score (nSPS) is 9.55. The lowest BCUT2D eigenvalue weighted by Crippen LogP contribution is -2.01. The minimum Gasteiger partial charge on any atom is -0.399 e. The molecule has 11 heavy (non-hydrogen) atoms. The summed E-state index contributed by atoms with van der Waals surface area (Å²) in [6.07, 6.45) is 0. The van der Waals surface area contributed by atoms with Gasteiger partial charge in [-0.3, -0.25) is 0 Å². The van der Waals surface area contributed by atoms with Crippen LogP contribution in [0, 0.1) is 0 Å². The topological polar surface area (TPSA) is 38.0 Å². The standard InChI is InChI=1S/C8H12N2S/c9-7-1-3-8(4-2-7)10-5-6-11/h1-4,10-11H,5-6,9H2. The van der Waals surface area contributed by atoms with Gasteiger partial charge in [0.1, 0.15) is 0 Å². The van der Waals surface area contributed by atoms with Crippen molar-refractivity contribution >= 4 is 24.0 Å². The predicted octanol–water partition coefficient (Wildman–Crippen LogP) is 1.61. The van der Waals surface area contributed by atoms with E-state index in [2.05, 4.69) is 17.9 Å². The number of nitrogen functional groups attached to an aromatic ring is 1. The van der Waals surface area contributed by atoms with E-state index in [4.69, 9.17) is 5.73 Å². The number of hydrogen-bond acceptors (Lipinski definition) is 3. The lowest BCUT2D eigenvalue weighted by Gasteiger charge is -2.03. The summed E-state index contributed by atoms with van der Waals surface area (Å²) in [4.78, 5) is 0. The number of benzene rings is 1. The largest absolute Gasteiger partial charge is 0.399 e. The summed E-state index contributed by atoms with van der Waals surface area (Å²) < 4.78 is 0. The van der Waals surface area contributed by atoms with E-state index < -0.39 is 0 Å². The van der Waals surface area contributed by atoms with Crippen LogP contribution >= 0.6 is 12.6 Å². The predicted molar refractivity (Wildman–Crippen MR) is 53.2 cm³/mol. The lowest BCUT2D eigenvalue weighted by atomic mass is 10.3. The van der Waals surface area contributed by atoms with E-state index in [-0.39, 0.29) is 0 Å². The third-order valence-corrected chi connectivity index (χ3v) is 1.58. The van der Waals surface area contributed by atoms with Crippen molar-refractivity contribution in [1.29, 1.82) is 0 Å². The maximum atomic E-state index is 5.51. The van der Waals surface area contributed by atoms with Gasteiger partial charge in [0, 0.05) is 23.7 Å². The van der Waals surface area contributed by atoms with E-state index in [1.54, 1.807) is 0 Å². The summed E-state index contributed by atoms with van der Waals surface area (Å²) in [5, 5.41) is 3.19. The second-order valence-electron chi connectivity index (χ2n) is 2.27. The van der Waals surface area contributed by atoms with Gasteiger partial charge < -0.3 is 11.1 Å². The average Bonchev–Trinajstić information content (AvgIpc) is 2.04. The number of nitrogens with one attached hydrogen (secondary N) is 1. The van der Waals surface area contributed by atoms with Crippen molar-refractivity contribution in [2.75, 3.05) is 23.3 Å². The van der Waals surface area contributed by atoms with Crippen molar-refractivity contribution in [3.05, 3.63) is 24.3 Å². The molecule has 1 aromatic rings. The van der Waals surface area contributed by atoms with Crippen LogP contribution in [0.4, 0.5) is 11.4 Å². The molecule has 0 aliphatic heterocycles. The van der Waals surface area contributed by atoms with E-state index >= 15 is 0 Å². The van der Waals surface area contributed by atoms with Crippen LogP contribution in [0.5, 0.6) is 0 Å². The molecular weight excluding hydrogens is 156 g/mol. The molecule has 1 aromatic carbocycles. The first-order valence-corrected chi connectivity index (χ1v) is 4.16. The van der Waals surface area contributed by atoms with Crippen LogP contribution in [0.3, 0.4) is 0 Å². The summed E-state index contributed by atoms with van der Waals surface area (Å²) in [7, 11) is 0. The Morgan fingerprint density at radius 2 is 1.91 bits per heavy atom. The zero-order valence-corrected chi connectivity index (χ0v) is 7.14. The Kier molecular flexibility index (Phi) is 3.11. The first kappa shape index (κ1) is 8.27. The number of rotatable bonds is 3. The molecule has 0 aromatic heterocycles. The van der Waals surface area contributed by atoms with Gasteiger partial charge in [0.05, 0.1) is 0 Å². The zero-order chi connectivity index (χ0) is 8.10. The van der Waals surface area contributed by atoms with Gasteiger partial charge in [0.15, 0.2) is 0 Å². The summed E-state index contributed by atoms with van der Waals surface area (Å²) in [5.74, 6) is 0.838. The average molecular weight is 168 g/mol. The van der Waals surface area contributed by atoms with Crippen LogP contribution in [0.15, 0.2) is 24.3 Å². The van der Waals surface area contributed by atoms with Gasteiger partial charge in [-0.15, -0.1) is 0 Å². The van der Waals surface area contributed by atoms with Crippen LogP contribution < -0.4 is 11.1 Å². The summed E-state index contributed by atoms with van der Waals surface area (Å²) >= 11 is 4.08. The molecule has 0 heterocycles. The number of anilines is 2. The summed E-state index contributed by atoms with van der Waals surface area (Å²) in [6.45, 7) is 0.882. The molecule has 0 saturated carbocycles. The molecule has 0 atom stereocenters. The quantitative estimate of drug-likeness (QED) is 0.474. The molecule has 0 radical (unpaired) electrons. The smallest absolute Gasteiger partial charge is 0.0341 e. The van der Waals surface area contributed by atoms with Crippen LogP contribution in [0.1, 0.15) is 0 Å². The minimum absolute atomic E-state index is 0.793. The molecule has 0 amide bonds. The van der Waals surface area contributed by atoms with Crippen LogP contribution in [-0.2, 0) is 0 Å². The maximum Gasteiger partial charge on any atom is 0.0341 e. The van der Waals surface area contributed by atoms with Gasteiger partial charge in [0.2, 0.25) is 0 Å². The second-order valence-corrected chi connectivity index (χ2v) is 2.72. The molecule has 60 valence electrons. The molecule has 3 N–H and O–H groups in total. The van der Waals surface area contributed by atoms with Crippen LogP contribution in [0.25, 0.3) is 0 Å². The summed E-state index contributed by atoms with van der Waals surface area (Å²) in [5.41, 5.74) is 7.40. The Bertz CT molecular complexity index is 208. The molecule has 0 bridgehead atoms. The molecule has 0 fully saturated rings. The fourth-order valence-electron chi connectivity index (χ4n) is 0.801. The highest BCUT2D eigenvalue weighted by Crippen LogP contribution is 2.09. The van der Waals surface area contributed by atoms with Gasteiger partial charge in [-0.25, -0.2) is 0 Å². The fourth-order valence-corrected chi connectivity index (χ4v) is 0.913. The monoisotopic (exact) mass is 168 g/mol. The highest BCUT2D eigenvalue weighted by Gasteiger charge is 1.88. The van der Waals surface area contributed by atoms with Gasteiger partial charge in [-0.1, -0.05) is 0 Å². The number of nitrogens with two attached hydrogens (primary N) is 1. The molecule has 0 aliphatic carbocycles. The molecule has 2 nitrogen and oxygen atoms in total. The Morgan fingerprint density at radius 1 is 1.27 bits per heavy atom. The third-order valence-electron chi connectivity index (χ3n) is 1.35. The highest BCUT2D eigenvalue weighted by atomic mass is 32.1. The molecule has 3 heteroatoms. The Hall–Kier alpha value is -0.830. The van der Waals surface area contributed by atoms with Crippen molar-refractivity contribution in [2.24, 2.45) is 0 Å². The van der Waals surface area contributed by atoms with E-state index in [1.807, 2.05) is 24.3 Å². The van der Waals surface area contributed by atoms with Gasteiger partial charge in [-0.2, -0.15) is 12.6 Å². The fraction of sp³-hybridized carbons (Fsp3) is 0.250. The SMILES string of the molecule is Nc1ccc(NCCS)cc1. The van der Waals surface area contributed by atoms with Gasteiger partial charge in [0.25, 0.3) is 0 Å². The van der Waals surface area contributed by atoms with E-state index in [9.17, 15) is 0 Å². The van der Waals surface area contributed by atoms with Gasteiger partial charge >= 0.3 is 0 Å². The van der Waals surface area contributed by atoms with E-state index in [0.717, 1.165) is 23.7 Å². The molecule has 1 rings (SSSR count). The molecule has 0 spiro atoms. The van der Waals surface area contributed by atoms with E-state index in [0.29, 0.717) is 0 Å². The zero-order valence-electron chi connectivity index (χ0n) is 6.25.